The Morgan fingerprint density at radius 3 is 2.29 bits per heavy atom. The molecule has 5 heteroatoms. The summed E-state index contributed by atoms with van der Waals surface area (Å²) in [7, 11) is 0. The predicted octanol–water partition coefficient (Wildman–Crippen LogP) is 0.849. The first-order valence-electron chi connectivity index (χ1n) is 4.17. The lowest BCUT2D eigenvalue weighted by Gasteiger charge is -2.12. The highest BCUT2D eigenvalue weighted by Gasteiger charge is 2.24. The average Bonchev–Trinajstić information content (AvgIpc) is 2.67. The Balaban J connectivity index is 2.38. The molecular formula is C9H10O5. The van der Waals surface area contributed by atoms with Gasteiger partial charge in [0.1, 0.15) is 0 Å². The molecule has 5 nitrogen and oxygen atoms in total. The van der Waals surface area contributed by atoms with Crippen LogP contribution >= 0.6 is 0 Å². The molecule has 0 unspecified atom stereocenters. The maximum atomic E-state index is 9.47. The van der Waals surface area contributed by atoms with Crippen LogP contribution in [-0.4, -0.2) is 28.5 Å². The van der Waals surface area contributed by atoms with Crippen molar-refractivity contribution in [3.63, 3.8) is 0 Å². The topological polar surface area (TPSA) is 79.2 Å². The van der Waals surface area contributed by atoms with E-state index in [-0.39, 0.29) is 5.75 Å². The molecule has 1 aliphatic rings. The van der Waals surface area contributed by atoms with Crippen molar-refractivity contribution in [3.8, 4) is 17.2 Å². The van der Waals surface area contributed by atoms with Crippen LogP contribution in [0, 0.1) is 0 Å². The summed E-state index contributed by atoms with van der Waals surface area (Å²) < 4.78 is 10.3. The molecular weight excluding hydrogens is 188 g/mol. The van der Waals surface area contributed by atoms with Crippen LogP contribution in [0.2, 0.25) is 0 Å². The van der Waals surface area contributed by atoms with Gasteiger partial charge in [0.2, 0.25) is 5.75 Å². The fraction of sp³-hybridized carbons (Fsp3) is 0.333. The van der Waals surface area contributed by atoms with Crippen LogP contribution in [-0.2, 0) is 9.47 Å². The molecule has 14 heavy (non-hydrogen) atoms. The van der Waals surface area contributed by atoms with Gasteiger partial charge in [-0.25, -0.2) is 0 Å². The molecule has 1 aliphatic heterocycles. The standard InChI is InChI=1S/C9H10O5/c10-6-2-1-5(7(11)8(6)12)9-13-3-4-14-9/h1-2,9-12H,3-4H2. The van der Waals surface area contributed by atoms with Crippen molar-refractivity contribution < 1.29 is 24.8 Å². The number of ether oxygens (including phenoxy) is 2. The molecule has 1 aromatic rings. The van der Waals surface area contributed by atoms with Gasteiger partial charge in [-0.15, -0.1) is 0 Å². The predicted molar refractivity (Wildman–Crippen MR) is 46.1 cm³/mol. The first kappa shape index (κ1) is 9.11. The quantitative estimate of drug-likeness (QED) is 0.583. The van der Waals surface area contributed by atoms with Crippen LogP contribution in [0.1, 0.15) is 11.9 Å². The lowest BCUT2D eigenvalue weighted by molar-refractivity contribution is -0.0456. The summed E-state index contributed by atoms with van der Waals surface area (Å²) in [5.41, 5.74) is 0.317. The summed E-state index contributed by atoms with van der Waals surface area (Å²) in [5, 5.41) is 27.8. The molecule has 0 aliphatic carbocycles. The van der Waals surface area contributed by atoms with Gasteiger partial charge in [0, 0.05) is 0 Å². The number of aromatic hydroxyl groups is 3. The Labute approximate surface area is 80.1 Å². The van der Waals surface area contributed by atoms with Crippen LogP contribution in [0.15, 0.2) is 12.1 Å². The fourth-order valence-electron chi connectivity index (χ4n) is 1.31. The van der Waals surface area contributed by atoms with Crippen LogP contribution in [0.5, 0.6) is 17.2 Å². The van der Waals surface area contributed by atoms with Crippen LogP contribution < -0.4 is 0 Å². The van der Waals surface area contributed by atoms with Gasteiger partial charge >= 0.3 is 0 Å². The van der Waals surface area contributed by atoms with E-state index in [1.165, 1.54) is 12.1 Å². The van der Waals surface area contributed by atoms with Crippen molar-refractivity contribution in [2.45, 2.75) is 6.29 Å². The van der Waals surface area contributed by atoms with E-state index in [1.54, 1.807) is 0 Å². The summed E-state index contributed by atoms with van der Waals surface area (Å²) in [5.74, 6) is -1.33. The smallest absolute Gasteiger partial charge is 0.200 e. The zero-order chi connectivity index (χ0) is 10.1. The zero-order valence-electron chi connectivity index (χ0n) is 7.30. The van der Waals surface area contributed by atoms with E-state index in [4.69, 9.17) is 14.6 Å². The van der Waals surface area contributed by atoms with Crippen molar-refractivity contribution in [2.24, 2.45) is 0 Å². The first-order valence-corrected chi connectivity index (χ1v) is 4.17. The number of hydrogen-bond donors (Lipinski definition) is 3. The molecule has 0 aromatic heterocycles. The maximum Gasteiger partial charge on any atom is 0.200 e. The highest BCUT2D eigenvalue weighted by atomic mass is 16.7. The minimum atomic E-state index is -0.665. The average molecular weight is 198 g/mol. The summed E-state index contributed by atoms with van der Waals surface area (Å²) >= 11 is 0. The van der Waals surface area contributed by atoms with Gasteiger partial charge < -0.3 is 24.8 Å². The second kappa shape index (κ2) is 3.36. The second-order valence-corrected chi connectivity index (χ2v) is 2.94. The van der Waals surface area contributed by atoms with Gasteiger partial charge in [0.25, 0.3) is 0 Å². The molecule has 2 rings (SSSR count). The Kier molecular flexibility index (Phi) is 2.18. The first-order chi connectivity index (χ1) is 6.70. The van der Waals surface area contributed by atoms with Gasteiger partial charge in [-0.2, -0.15) is 0 Å². The minimum absolute atomic E-state index is 0.317. The number of phenolic OH excluding ortho intramolecular Hbond substituents is 3. The van der Waals surface area contributed by atoms with Crippen LogP contribution in [0.25, 0.3) is 0 Å². The number of phenols is 3. The molecule has 0 bridgehead atoms. The SMILES string of the molecule is Oc1ccc(C2OCCO2)c(O)c1O. The lowest BCUT2D eigenvalue weighted by atomic mass is 10.1. The molecule has 76 valence electrons. The number of hydrogen-bond acceptors (Lipinski definition) is 5. The van der Waals surface area contributed by atoms with Crippen molar-refractivity contribution in [1.82, 2.24) is 0 Å². The fourth-order valence-corrected chi connectivity index (χ4v) is 1.31. The Morgan fingerprint density at radius 2 is 1.64 bits per heavy atom. The van der Waals surface area contributed by atoms with E-state index in [0.29, 0.717) is 18.8 Å². The largest absolute Gasteiger partial charge is 0.504 e. The monoisotopic (exact) mass is 198 g/mol. The van der Waals surface area contributed by atoms with E-state index < -0.39 is 17.8 Å². The third-order valence-corrected chi connectivity index (χ3v) is 2.04. The highest BCUT2D eigenvalue weighted by molar-refractivity contribution is 5.53. The Bertz CT molecular complexity index is 343. The summed E-state index contributed by atoms with van der Waals surface area (Å²) in [6.45, 7) is 0.900. The molecule has 1 aromatic carbocycles. The van der Waals surface area contributed by atoms with E-state index in [2.05, 4.69) is 0 Å². The normalized spacial score (nSPS) is 17.4. The van der Waals surface area contributed by atoms with E-state index >= 15 is 0 Å². The lowest BCUT2D eigenvalue weighted by Crippen LogP contribution is -1.98. The van der Waals surface area contributed by atoms with E-state index in [9.17, 15) is 10.2 Å². The molecule has 0 radical (unpaired) electrons. The second-order valence-electron chi connectivity index (χ2n) is 2.94. The maximum absolute atomic E-state index is 9.47. The van der Waals surface area contributed by atoms with Gasteiger partial charge in [0.05, 0.1) is 18.8 Å². The zero-order valence-corrected chi connectivity index (χ0v) is 7.30. The number of rotatable bonds is 1. The van der Waals surface area contributed by atoms with Crippen molar-refractivity contribution in [3.05, 3.63) is 17.7 Å². The van der Waals surface area contributed by atoms with Gasteiger partial charge in [-0.1, -0.05) is 0 Å². The Hall–Kier alpha value is -1.46. The van der Waals surface area contributed by atoms with Crippen LogP contribution in [0.3, 0.4) is 0 Å². The van der Waals surface area contributed by atoms with Crippen LogP contribution in [0.4, 0.5) is 0 Å². The van der Waals surface area contributed by atoms with E-state index in [0.717, 1.165) is 0 Å². The number of benzene rings is 1. The third-order valence-electron chi connectivity index (χ3n) is 2.04. The van der Waals surface area contributed by atoms with Gasteiger partial charge in [-0.3, -0.25) is 0 Å². The summed E-state index contributed by atoms with van der Waals surface area (Å²) in [4.78, 5) is 0. The molecule has 0 spiro atoms. The molecule has 1 heterocycles. The van der Waals surface area contributed by atoms with Crippen molar-refractivity contribution in [2.75, 3.05) is 13.2 Å². The molecule has 1 fully saturated rings. The third kappa shape index (κ3) is 1.36. The molecule has 0 atom stereocenters. The van der Waals surface area contributed by atoms with Crippen molar-refractivity contribution >= 4 is 0 Å². The van der Waals surface area contributed by atoms with Gasteiger partial charge in [-0.05, 0) is 12.1 Å². The minimum Gasteiger partial charge on any atom is -0.504 e. The molecule has 0 saturated carbocycles. The highest BCUT2D eigenvalue weighted by Crippen LogP contribution is 2.41. The Morgan fingerprint density at radius 1 is 1.00 bits per heavy atom. The van der Waals surface area contributed by atoms with Crippen molar-refractivity contribution in [1.29, 1.82) is 0 Å². The molecule has 0 amide bonds. The molecule has 1 saturated heterocycles. The van der Waals surface area contributed by atoms with Gasteiger partial charge in [0.15, 0.2) is 17.8 Å². The summed E-state index contributed by atoms with van der Waals surface area (Å²) in [6.07, 6.45) is -0.665. The summed E-state index contributed by atoms with van der Waals surface area (Å²) in [6, 6.07) is 2.72. The molecule has 3 N–H and O–H groups in total. The van der Waals surface area contributed by atoms with E-state index in [1.807, 2.05) is 0 Å².